The summed E-state index contributed by atoms with van der Waals surface area (Å²) in [6, 6.07) is 62.8. The summed E-state index contributed by atoms with van der Waals surface area (Å²) in [5, 5.41) is 19.9. The lowest BCUT2D eigenvalue weighted by Gasteiger charge is -2.22. The lowest BCUT2D eigenvalue weighted by Crippen LogP contribution is -2.25. The number of nitrogens with zero attached hydrogens (tertiary/aromatic N) is 2. The van der Waals surface area contributed by atoms with E-state index < -0.39 is 5.91 Å². The Hall–Kier alpha value is -11.0. The monoisotopic (exact) mass is 1110 g/mol. The van der Waals surface area contributed by atoms with Crippen LogP contribution in [0, 0.1) is 0 Å². The number of para-hydroxylation sites is 9. The second kappa shape index (κ2) is 26.8. The number of hydrogen-bond acceptors (Lipinski definition) is 14. The van der Waals surface area contributed by atoms with Gasteiger partial charge in [-0.1, -0.05) is 72.8 Å². The average Bonchev–Trinajstić information content (AvgIpc) is 3.97. The lowest BCUT2D eigenvalue weighted by molar-refractivity contribution is 0.0516. The molecule has 9 aromatic rings. The van der Waals surface area contributed by atoms with Gasteiger partial charge in [-0.25, -0.2) is 15.1 Å². The molecule has 19 heteroatoms. The SMILES string of the molecule is CCOC(=O)c1ccc(N2C(=O)c3ccccc3Oc3ccccc32)cc1.CCOC(=O)c1ccc(O[B]O)cc1.O=C(NO)c1ccc(N2C(=O)c3ccccc3Oc3ccccc32)cc1.O=C1Nc2ccccc2Oc2ccccc21. The Bertz CT molecular complexity index is 3820. The van der Waals surface area contributed by atoms with Gasteiger partial charge in [-0.3, -0.25) is 34.2 Å². The highest BCUT2D eigenvalue weighted by Gasteiger charge is 2.31. The van der Waals surface area contributed by atoms with Crippen LogP contribution in [0.15, 0.2) is 218 Å². The molecule has 0 spiro atoms. The molecule has 3 aliphatic rings. The van der Waals surface area contributed by atoms with Gasteiger partial charge in [0, 0.05) is 16.9 Å². The molecule has 1 radical (unpaired) electrons. The van der Waals surface area contributed by atoms with Gasteiger partial charge in [0.25, 0.3) is 23.6 Å². The first-order chi connectivity index (χ1) is 40.5. The third kappa shape index (κ3) is 13.2. The summed E-state index contributed by atoms with van der Waals surface area (Å²) in [6.07, 6.45) is 0. The Balaban J connectivity index is 0.000000138. The molecule has 413 valence electrons. The predicted octanol–water partition coefficient (Wildman–Crippen LogP) is 12.7. The van der Waals surface area contributed by atoms with Gasteiger partial charge in [0.2, 0.25) is 0 Å². The summed E-state index contributed by atoms with van der Waals surface area (Å²) >= 11 is 0. The van der Waals surface area contributed by atoms with Crippen LogP contribution in [0.3, 0.4) is 0 Å². The maximum atomic E-state index is 13.3. The summed E-state index contributed by atoms with van der Waals surface area (Å²) in [5.41, 5.74) is 7.40. The highest BCUT2D eigenvalue weighted by Crippen LogP contribution is 2.44. The summed E-state index contributed by atoms with van der Waals surface area (Å²) in [7, 11) is 0.583. The molecule has 0 atom stereocenters. The van der Waals surface area contributed by atoms with Crippen LogP contribution in [-0.2, 0) is 9.47 Å². The number of esters is 2. The van der Waals surface area contributed by atoms with Crippen molar-refractivity contribution in [2.75, 3.05) is 28.3 Å². The Morgan fingerprint density at radius 1 is 0.470 bits per heavy atom. The number of nitrogens with one attached hydrogen (secondary N) is 2. The molecule has 4 amide bonds. The van der Waals surface area contributed by atoms with Crippen LogP contribution in [0.4, 0.5) is 28.4 Å². The first-order valence-corrected chi connectivity index (χ1v) is 25.8. The summed E-state index contributed by atoms with van der Waals surface area (Å²) in [6.45, 7) is 4.17. The molecule has 0 aromatic heterocycles. The molecule has 9 aromatic carbocycles. The van der Waals surface area contributed by atoms with Crippen LogP contribution in [0.25, 0.3) is 0 Å². The molecular formula is C64H50BN4O14. The number of carbonyl (C=O) groups excluding carboxylic acids is 6. The van der Waals surface area contributed by atoms with E-state index in [1.807, 2.05) is 84.9 Å². The Morgan fingerprint density at radius 2 is 0.843 bits per heavy atom. The van der Waals surface area contributed by atoms with E-state index in [2.05, 4.69) is 9.97 Å². The van der Waals surface area contributed by atoms with E-state index in [0.717, 1.165) is 0 Å². The molecule has 0 saturated carbocycles. The zero-order valence-corrected chi connectivity index (χ0v) is 44.5. The molecule has 0 aliphatic carbocycles. The third-order valence-corrected chi connectivity index (χ3v) is 12.5. The highest BCUT2D eigenvalue weighted by atomic mass is 16.5. The van der Waals surface area contributed by atoms with Crippen LogP contribution in [-0.4, -0.2) is 66.7 Å². The standard InChI is InChI=1S/C22H17NO4.C20H14N2O4.C13H9NO2.C9H10BO4/c1-2-26-22(25)15-11-13-16(14-12-15)23-18-8-4-6-10-20(18)27-19-9-5-3-7-17(19)21(23)24;23-19(21-25)13-9-11-14(12-10-13)22-16-6-2-4-8-18(16)26-17-7-3-1-5-15(17)20(22)24;15-13-9-5-1-3-7-11(9)16-12-8-4-2-6-10(12)14-13;1-2-13-9(11)7-3-5-8(6-4-7)14-10-12/h3-14H,2H2,1H3;1-12,25H,(H,21,23);1-8H,(H,14,15);3-6,12H,2H2,1H3. The molecule has 0 saturated heterocycles. The zero-order valence-electron chi connectivity index (χ0n) is 44.5. The van der Waals surface area contributed by atoms with E-state index in [1.54, 1.807) is 150 Å². The minimum atomic E-state index is -0.618. The van der Waals surface area contributed by atoms with Gasteiger partial charge < -0.3 is 38.7 Å². The summed E-state index contributed by atoms with van der Waals surface area (Å²) < 4.78 is 32.1. The fourth-order valence-corrected chi connectivity index (χ4v) is 8.57. The molecule has 3 aliphatic heterocycles. The minimum Gasteiger partial charge on any atom is -0.537 e. The largest absolute Gasteiger partial charge is 0.569 e. The molecule has 0 unspecified atom stereocenters. The number of fused-ring (bicyclic) bond motifs is 6. The normalized spacial score (nSPS) is 12.0. The van der Waals surface area contributed by atoms with Crippen molar-refractivity contribution in [3.8, 4) is 40.2 Å². The van der Waals surface area contributed by atoms with Gasteiger partial charge in [0.05, 0.1) is 58.1 Å². The lowest BCUT2D eigenvalue weighted by atomic mass is 10.1. The summed E-state index contributed by atoms with van der Waals surface area (Å²) in [5.74, 6) is 1.92. The van der Waals surface area contributed by atoms with Gasteiger partial charge in [-0.2, -0.15) is 0 Å². The number of hydroxylamine groups is 1. The van der Waals surface area contributed by atoms with Crippen molar-refractivity contribution in [2.24, 2.45) is 0 Å². The first kappa shape index (κ1) is 56.7. The number of benzene rings is 9. The maximum absolute atomic E-state index is 13.3. The van der Waals surface area contributed by atoms with E-state index in [-0.39, 0.29) is 35.2 Å². The summed E-state index contributed by atoms with van der Waals surface area (Å²) in [4.78, 5) is 76.1. The van der Waals surface area contributed by atoms with Crippen LogP contribution >= 0.6 is 0 Å². The van der Waals surface area contributed by atoms with E-state index in [9.17, 15) is 28.8 Å². The molecular weight excluding hydrogens is 1060 g/mol. The van der Waals surface area contributed by atoms with E-state index in [4.69, 9.17) is 33.9 Å². The van der Waals surface area contributed by atoms with E-state index in [1.165, 1.54) is 12.1 Å². The van der Waals surface area contributed by atoms with Crippen molar-refractivity contribution in [3.05, 3.63) is 252 Å². The highest BCUT2D eigenvalue weighted by molar-refractivity contribution is 6.17. The number of hydrogen-bond donors (Lipinski definition) is 4. The predicted molar refractivity (Wildman–Crippen MR) is 309 cm³/mol. The number of ether oxygens (including phenoxy) is 5. The van der Waals surface area contributed by atoms with E-state index >= 15 is 0 Å². The molecule has 12 rings (SSSR count). The van der Waals surface area contributed by atoms with Crippen molar-refractivity contribution in [1.82, 2.24) is 5.48 Å². The van der Waals surface area contributed by atoms with Crippen LogP contribution < -0.4 is 39.5 Å². The molecule has 0 fully saturated rings. The maximum Gasteiger partial charge on any atom is 0.569 e. The van der Waals surface area contributed by atoms with Crippen molar-refractivity contribution in [3.63, 3.8) is 0 Å². The van der Waals surface area contributed by atoms with Gasteiger partial charge in [0.15, 0.2) is 17.2 Å². The van der Waals surface area contributed by atoms with Crippen molar-refractivity contribution in [2.45, 2.75) is 13.8 Å². The Labute approximate surface area is 476 Å². The van der Waals surface area contributed by atoms with Gasteiger partial charge in [0.1, 0.15) is 23.0 Å². The molecule has 4 N–H and O–H groups in total. The zero-order chi connectivity index (χ0) is 58.2. The molecule has 3 heterocycles. The van der Waals surface area contributed by atoms with Gasteiger partial charge in [-0.15, -0.1) is 0 Å². The van der Waals surface area contributed by atoms with Crippen LogP contribution in [0.2, 0.25) is 0 Å². The van der Waals surface area contributed by atoms with Crippen molar-refractivity contribution in [1.29, 1.82) is 0 Å². The Kier molecular flexibility index (Phi) is 18.3. The third-order valence-electron chi connectivity index (χ3n) is 12.5. The first-order valence-electron chi connectivity index (χ1n) is 25.8. The number of carbonyl (C=O) groups is 6. The van der Waals surface area contributed by atoms with E-state index in [0.29, 0.717) is 117 Å². The fourth-order valence-electron chi connectivity index (χ4n) is 8.57. The fraction of sp³-hybridized carbons (Fsp3) is 0.0625. The molecule has 83 heavy (non-hydrogen) atoms. The average molecular weight is 1110 g/mol. The quantitative estimate of drug-likeness (QED) is 0.0456. The molecule has 18 nitrogen and oxygen atoms in total. The van der Waals surface area contributed by atoms with Crippen molar-refractivity contribution < 1.29 is 67.3 Å². The number of amides is 4. The van der Waals surface area contributed by atoms with Gasteiger partial charge >= 0.3 is 19.6 Å². The molecule has 0 bridgehead atoms. The van der Waals surface area contributed by atoms with Crippen LogP contribution in [0.1, 0.15) is 76.0 Å². The van der Waals surface area contributed by atoms with Crippen molar-refractivity contribution >= 4 is 71.7 Å². The number of rotatable bonds is 9. The second-order valence-electron chi connectivity index (χ2n) is 17.7. The Morgan fingerprint density at radius 3 is 1.30 bits per heavy atom. The van der Waals surface area contributed by atoms with Gasteiger partial charge in [-0.05, 0) is 159 Å². The topological polar surface area (TPSA) is 229 Å². The number of anilines is 5. The minimum absolute atomic E-state index is 0.138. The second-order valence-corrected chi connectivity index (χ2v) is 17.7. The van der Waals surface area contributed by atoms with Crippen LogP contribution in [0.5, 0.6) is 40.2 Å². The smallest absolute Gasteiger partial charge is 0.537 e.